The third-order valence-corrected chi connectivity index (χ3v) is 6.59. The normalized spacial score (nSPS) is 20.2. The molecule has 3 N–H and O–H groups in total. The molecule has 0 saturated heterocycles. The molecular weight excluding hydrogens is 420 g/mol. The van der Waals surface area contributed by atoms with Crippen molar-refractivity contribution in [3.05, 3.63) is 106 Å². The smallest absolute Gasteiger partial charge is 0.335 e. The second kappa shape index (κ2) is 9.28. The van der Waals surface area contributed by atoms with Gasteiger partial charge in [0.05, 0.1) is 16.7 Å². The molecule has 1 fully saturated rings. The van der Waals surface area contributed by atoms with Crippen LogP contribution in [0.3, 0.4) is 0 Å². The van der Waals surface area contributed by atoms with E-state index in [1.54, 1.807) is 36.4 Å². The van der Waals surface area contributed by atoms with Gasteiger partial charge in [0.25, 0.3) is 0 Å². The number of rotatable bonds is 6. The Morgan fingerprint density at radius 2 is 0.667 bits per heavy atom. The number of carboxylic acid groups (broad SMARTS) is 3. The van der Waals surface area contributed by atoms with Crippen molar-refractivity contribution >= 4 is 17.9 Å². The van der Waals surface area contributed by atoms with Crippen LogP contribution in [-0.4, -0.2) is 33.2 Å². The van der Waals surface area contributed by atoms with Crippen molar-refractivity contribution in [2.75, 3.05) is 0 Å². The second-order valence-corrected chi connectivity index (χ2v) is 8.58. The minimum absolute atomic E-state index is 0.190. The van der Waals surface area contributed by atoms with Gasteiger partial charge < -0.3 is 15.3 Å². The van der Waals surface area contributed by atoms with Crippen molar-refractivity contribution < 1.29 is 29.7 Å². The Bertz CT molecular complexity index is 1010. The fourth-order valence-corrected chi connectivity index (χ4v) is 4.83. The largest absolute Gasteiger partial charge is 0.478 e. The van der Waals surface area contributed by atoms with Crippen LogP contribution in [0.1, 0.15) is 84.8 Å². The molecule has 1 aliphatic rings. The summed E-state index contributed by atoms with van der Waals surface area (Å²) in [6.07, 6.45) is 2.59. The predicted octanol–water partition coefficient (Wildman–Crippen LogP) is 5.62. The van der Waals surface area contributed by atoms with Gasteiger partial charge in [0.1, 0.15) is 0 Å². The Morgan fingerprint density at radius 1 is 0.455 bits per heavy atom. The zero-order chi connectivity index (χ0) is 23.5. The average Bonchev–Trinajstić information content (AvgIpc) is 2.84. The number of carbonyl (C=O) groups is 3. The highest BCUT2D eigenvalue weighted by molar-refractivity contribution is 5.88. The Kier molecular flexibility index (Phi) is 6.27. The third kappa shape index (κ3) is 4.95. The van der Waals surface area contributed by atoms with E-state index in [9.17, 15) is 29.7 Å². The molecule has 0 aliphatic heterocycles. The first-order valence-corrected chi connectivity index (χ1v) is 10.8. The fraction of sp³-hybridized carbons (Fsp3) is 0.222. The second-order valence-electron chi connectivity index (χ2n) is 8.58. The van der Waals surface area contributed by atoms with Crippen LogP contribution in [0.4, 0.5) is 0 Å². The van der Waals surface area contributed by atoms with Crippen LogP contribution in [0.25, 0.3) is 0 Å². The van der Waals surface area contributed by atoms with Crippen LogP contribution < -0.4 is 0 Å². The van der Waals surface area contributed by atoms with E-state index in [4.69, 9.17) is 0 Å². The topological polar surface area (TPSA) is 112 Å². The van der Waals surface area contributed by atoms with E-state index < -0.39 is 17.9 Å². The van der Waals surface area contributed by atoms with Gasteiger partial charge in [0, 0.05) is 0 Å². The predicted molar refractivity (Wildman–Crippen MR) is 122 cm³/mol. The molecule has 0 spiro atoms. The van der Waals surface area contributed by atoms with E-state index >= 15 is 0 Å². The lowest BCUT2D eigenvalue weighted by molar-refractivity contribution is 0.0686. The third-order valence-electron chi connectivity index (χ3n) is 6.59. The van der Waals surface area contributed by atoms with Crippen LogP contribution in [0, 0.1) is 0 Å². The van der Waals surface area contributed by atoms with E-state index in [0.717, 1.165) is 36.0 Å². The van der Waals surface area contributed by atoms with Crippen molar-refractivity contribution in [3.8, 4) is 0 Å². The molecule has 0 amide bonds. The molecule has 3 aromatic rings. The summed E-state index contributed by atoms with van der Waals surface area (Å²) in [6, 6.07) is 21.0. The summed E-state index contributed by atoms with van der Waals surface area (Å²) < 4.78 is 0. The lowest BCUT2D eigenvalue weighted by Crippen LogP contribution is -2.20. The van der Waals surface area contributed by atoms with E-state index in [1.807, 2.05) is 36.4 Å². The highest BCUT2D eigenvalue weighted by Gasteiger charge is 2.32. The van der Waals surface area contributed by atoms with Gasteiger partial charge in [-0.05, 0) is 90.1 Å². The van der Waals surface area contributed by atoms with Gasteiger partial charge in [-0.2, -0.15) is 0 Å². The SMILES string of the molecule is O=C(O)c1ccc(C2CC(c3ccc(C(=O)O)cc3)CC(c3ccc(C(=O)O)cc3)C2)cc1. The molecule has 1 saturated carbocycles. The number of benzene rings is 3. The molecule has 0 bridgehead atoms. The lowest BCUT2D eigenvalue weighted by atomic mass is 9.68. The zero-order valence-electron chi connectivity index (χ0n) is 17.8. The molecule has 0 aromatic heterocycles. The summed E-state index contributed by atoms with van der Waals surface area (Å²) in [7, 11) is 0. The molecule has 4 rings (SSSR count). The maximum absolute atomic E-state index is 11.2. The number of hydrogen-bond acceptors (Lipinski definition) is 3. The number of aromatic carboxylic acids is 3. The Morgan fingerprint density at radius 3 is 0.848 bits per heavy atom. The minimum Gasteiger partial charge on any atom is -0.478 e. The molecule has 3 aromatic carbocycles. The van der Waals surface area contributed by atoms with Crippen LogP contribution in [0.15, 0.2) is 72.8 Å². The van der Waals surface area contributed by atoms with Crippen molar-refractivity contribution in [1.82, 2.24) is 0 Å². The summed E-state index contributed by atoms with van der Waals surface area (Å²) in [5, 5.41) is 27.6. The van der Waals surface area contributed by atoms with Crippen LogP contribution in [-0.2, 0) is 0 Å². The van der Waals surface area contributed by atoms with Crippen molar-refractivity contribution in [1.29, 1.82) is 0 Å². The maximum atomic E-state index is 11.2. The van der Waals surface area contributed by atoms with E-state index in [-0.39, 0.29) is 34.4 Å². The summed E-state index contributed by atoms with van der Waals surface area (Å²) >= 11 is 0. The van der Waals surface area contributed by atoms with Gasteiger partial charge in [-0.1, -0.05) is 36.4 Å². The van der Waals surface area contributed by atoms with Gasteiger partial charge in [-0.3, -0.25) is 0 Å². The first kappa shape index (κ1) is 22.3. The standard InChI is InChI=1S/C27H24O6/c28-25(29)19-7-1-16(2-8-19)22-13-23(17-3-9-20(10-4-17)26(30)31)15-24(14-22)18-5-11-21(12-6-18)27(32)33/h1-12,22-24H,13-15H2,(H,28,29)(H,30,31)(H,32,33). The first-order chi connectivity index (χ1) is 15.8. The molecule has 6 nitrogen and oxygen atoms in total. The number of hydrogen-bond donors (Lipinski definition) is 3. The molecule has 33 heavy (non-hydrogen) atoms. The van der Waals surface area contributed by atoms with Gasteiger partial charge in [0.15, 0.2) is 0 Å². The van der Waals surface area contributed by atoms with Crippen LogP contribution in [0.2, 0.25) is 0 Å². The lowest BCUT2D eigenvalue weighted by Gasteiger charge is -2.36. The van der Waals surface area contributed by atoms with Gasteiger partial charge >= 0.3 is 17.9 Å². The maximum Gasteiger partial charge on any atom is 0.335 e. The van der Waals surface area contributed by atoms with E-state index in [2.05, 4.69) is 0 Å². The fourth-order valence-electron chi connectivity index (χ4n) is 4.83. The molecule has 6 heteroatoms. The zero-order valence-corrected chi connectivity index (χ0v) is 17.8. The van der Waals surface area contributed by atoms with Gasteiger partial charge in [-0.25, -0.2) is 14.4 Å². The molecule has 0 unspecified atom stereocenters. The molecule has 168 valence electrons. The van der Waals surface area contributed by atoms with Gasteiger partial charge in [-0.15, -0.1) is 0 Å². The van der Waals surface area contributed by atoms with Crippen LogP contribution in [0.5, 0.6) is 0 Å². The Balaban J connectivity index is 1.65. The molecule has 0 heterocycles. The highest BCUT2D eigenvalue weighted by atomic mass is 16.4. The molecular formula is C27H24O6. The quantitative estimate of drug-likeness (QED) is 0.455. The Hall–Kier alpha value is -3.93. The van der Waals surface area contributed by atoms with Crippen molar-refractivity contribution in [3.63, 3.8) is 0 Å². The average molecular weight is 444 g/mol. The molecule has 1 aliphatic carbocycles. The van der Waals surface area contributed by atoms with Crippen molar-refractivity contribution in [2.45, 2.75) is 37.0 Å². The van der Waals surface area contributed by atoms with E-state index in [0.29, 0.717) is 0 Å². The van der Waals surface area contributed by atoms with E-state index in [1.165, 1.54) is 0 Å². The summed E-state index contributed by atoms with van der Waals surface area (Å²) in [5.74, 6) is -2.31. The Labute approximate surface area is 191 Å². The number of carboxylic acids is 3. The molecule has 0 radical (unpaired) electrons. The summed E-state index contributed by atoms with van der Waals surface area (Å²) in [5.41, 5.74) is 3.94. The van der Waals surface area contributed by atoms with Crippen LogP contribution >= 0.6 is 0 Å². The minimum atomic E-state index is -0.960. The van der Waals surface area contributed by atoms with Gasteiger partial charge in [0.2, 0.25) is 0 Å². The van der Waals surface area contributed by atoms with Crippen molar-refractivity contribution in [2.24, 2.45) is 0 Å². The first-order valence-electron chi connectivity index (χ1n) is 10.8. The monoisotopic (exact) mass is 444 g/mol. The summed E-state index contributed by atoms with van der Waals surface area (Å²) in [4.78, 5) is 33.7. The highest BCUT2D eigenvalue weighted by Crippen LogP contribution is 2.48. The summed E-state index contributed by atoms with van der Waals surface area (Å²) in [6.45, 7) is 0. The molecule has 0 atom stereocenters.